The van der Waals surface area contributed by atoms with Crippen LogP contribution in [0.1, 0.15) is 12.8 Å². The molecular formula is C13H18ClFN2O4S. The SMILES string of the molecule is Cl.O=C(O)CN1CCCC(NS(=O)(=O)c2cccc(F)c2)C1. The molecule has 9 heteroatoms. The van der Waals surface area contributed by atoms with Crippen LogP contribution in [0, 0.1) is 5.82 Å². The van der Waals surface area contributed by atoms with Gasteiger partial charge in [0.25, 0.3) is 0 Å². The topological polar surface area (TPSA) is 86.7 Å². The highest BCUT2D eigenvalue weighted by Gasteiger charge is 2.26. The molecule has 0 aliphatic carbocycles. The van der Waals surface area contributed by atoms with Crippen molar-refractivity contribution in [3.63, 3.8) is 0 Å². The van der Waals surface area contributed by atoms with E-state index in [4.69, 9.17) is 5.11 Å². The summed E-state index contributed by atoms with van der Waals surface area (Å²) in [6.45, 7) is 0.851. The Morgan fingerprint density at radius 2 is 2.18 bits per heavy atom. The predicted molar refractivity (Wildman–Crippen MR) is 81.1 cm³/mol. The number of nitrogens with one attached hydrogen (secondary N) is 1. The number of rotatable bonds is 5. The zero-order valence-electron chi connectivity index (χ0n) is 11.7. The second-order valence-corrected chi connectivity index (χ2v) is 6.76. The van der Waals surface area contributed by atoms with Crippen LogP contribution in [-0.2, 0) is 14.8 Å². The highest BCUT2D eigenvalue weighted by Crippen LogP contribution is 2.15. The average molecular weight is 353 g/mol. The largest absolute Gasteiger partial charge is 0.480 e. The van der Waals surface area contributed by atoms with Gasteiger partial charge in [-0.2, -0.15) is 0 Å². The minimum Gasteiger partial charge on any atom is -0.480 e. The summed E-state index contributed by atoms with van der Waals surface area (Å²) < 4.78 is 40.0. The van der Waals surface area contributed by atoms with Gasteiger partial charge < -0.3 is 5.11 Å². The van der Waals surface area contributed by atoms with Crippen LogP contribution in [-0.4, -0.2) is 50.1 Å². The normalized spacial score (nSPS) is 19.4. The van der Waals surface area contributed by atoms with Crippen LogP contribution in [0.25, 0.3) is 0 Å². The first-order valence-corrected chi connectivity index (χ1v) is 8.07. The Labute approximate surface area is 134 Å². The second-order valence-electron chi connectivity index (χ2n) is 5.05. The Morgan fingerprint density at radius 1 is 1.45 bits per heavy atom. The molecule has 1 aromatic carbocycles. The van der Waals surface area contributed by atoms with Crippen LogP contribution in [0.3, 0.4) is 0 Å². The molecule has 1 aliphatic heterocycles. The molecule has 1 saturated heterocycles. The molecule has 0 saturated carbocycles. The van der Waals surface area contributed by atoms with Gasteiger partial charge in [-0.05, 0) is 37.6 Å². The highest BCUT2D eigenvalue weighted by atomic mass is 35.5. The molecule has 1 aliphatic rings. The molecule has 1 fully saturated rings. The van der Waals surface area contributed by atoms with E-state index in [2.05, 4.69) is 4.72 Å². The van der Waals surface area contributed by atoms with Crippen LogP contribution in [0.4, 0.5) is 4.39 Å². The molecule has 2 N–H and O–H groups in total. The summed E-state index contributed by atoms with van der Waals surface area (Å²) >= 11 is 0. The van der Waals surface area contributed by atoms with Crippen LogP contribution >= 0.6 is 12.4 Å². The number of carbonyl (C=O) groups is 1. The molecule has 124 valence electrons. The summed E-state index contributed by atoms with van der Waals surface area (Å²) in [6.07, 6.45) is 1.34. The number of nitrogens with zero attached hydrogens (tertiary/aromatic N) is 1. The van der Waals surface area contributed by atoms with E-state index in [1.807, 2.05) is 0 Å². The zero-order chi connectivity index (χ0) is 15.5. The van der Waals surface area contributed by atoms with Crippen molar-refractivity contribution in [3.05, 3.63) is 30.1 Å². The van der Waals surface area contributed by atoms with Crippen molar-refractivity contribution < 1.29 is 22.7 Å². The minimum absolute atomic E-state index is 0. The van der Waals surface area contributed by atoms with Gasteiger partial charge in [0.1, 0.15) is 5.82 Å². The number of hydrogen-bond acceptors (Lipinski definition) is 4. The number of sulfonamides is 1. The van der Waals surface area contributed by atoms with Crippen molar-refractivity contribution in [2.24, 2.45) is 0 Å². The van der Waals surface area contributed by atoms with Crippen LogP contribution in [0.5, 0.6) is 0 Å². The van der Waals surface area contributed by atoms with Gasteiger partial charge in [0.2, 0.25) is 10.0 Å². The maximum Gasteiger partial charge on any atom is 0.317 e. The van der Waals surface area contributed by atoms with Gasteiger partial charge in [0.15, 0.2) is 0 Å². The second kappa shape index (κ2) is 7.87. The monoisotopic (exact) mass is 352 g/mol. The molecule has 1 atom stereocenters. The third-order valence-electron chi connectivity index (χ3n) is 3.29. The van der Waals surface area contributed by atoms with Crippen LogP contribution in [0.15, 0.2) is 29.2 Å². The summed E-state index contributed by atoms with van der Waals surface area (Å²) in [6, 6.07) is 4.42. The van der Waals surface area contributed by atoms with Gasteiger partial charge >= 0.3 is 5.97 Å². The number of aliphatic carboxylic acids is 1. The molecule has 0 bridgehead atoms. The standard InChI is InChI=1S/C13H17FN2O4S.ClH/c14-10-3-1-5-12(7-10)21(19,20)15-11-4-2-6-16(8-11)9-13(17)18;/h1,3,5,7,11,15H,2,4,6,8-9H2,(H,17,18);1H. The molecule has 22 heavy (non-hydrogen) atoms. The molecule has 0 radical (unpaired) electrons. The fourth-order valence-electron chi connectivity index (χ4n) is 2.41. The number of likely N-dealkylation sites (tertiary alicyclic amines) is 1. The van der Waals surface area contributed by atoms with Crippen molar-refractivity contribution in [1.82, 2.24) is 9.62 Å². The number of piperidine rings is 1. The lowest BCUT2D eigenvalue weighted by atomic mass is 10.1. The van der Waals surface area contributed by atoms with E-state index in [9.17, 15) is 17.6 Å². The fraction of sp³-hybridized carbons (Fsp3) is 0.462. The summed E-state index contributed by atoms with van der Waals surface area (Å²) in [7, 11) is -3.80. The maximum atomic E-state index is 13.1. The molecule has 0 spiro atoms. The number of halogens is 2. The summed E-state index contributed by atoms with van der Waals surface area (Å²) in [5.74, 6) is -1.56. The number of carboxylic acid groups (broad SMARTS) is 1. The lowest BCUT2D eigenvalue weighted by Crippen LogP contribution is -2.48. The van der Waals surface area contributed by atoms with E-state index in [0.29, 0.717) is 25.9 Å². The third-order valence-corrected chi connectivity index (χ3v) is 4.81. The van der Waals surface area contributed by atoms with Gasteiger partial charge in [0.05, 0.1) is 11.4 Å². The maximum absolute atomic E-state index is 13.1. The first-order chi connectivity index (χ1) is 9.87. The lowest BCUT2D eigenvalue weighted by Gasteiger charge is -2.31. The number of benzene rings is 1. The number of carboxylic acids is 1. The van der Waals surface area contributed by atoms with Gasteiger partial charge in [-0.3, -0.25) is 9.69 Å². The van der Waals surface area contributed by atoms with Gasteiger partial charge in [-0.15, -0.1) is 12.4 Å². The summed E-state index contributed by atoms with van der Waals surface area (Å²) in [4.78, 5) is 12.3. The van der Waals surface area contributed by atoms with E-state index in [0.717, 1.165) is 6.07 Å². The Bertz CT molecular complexity index is 626. The molecule has 6 nitrogen and oxygen atoms in total. The smallest absolute Gasteiger partial charge is 0.317 e. The summed E-state index contributed by atoms with van der Waals surface area (Å²) in [5.41, 5.74) is 0. The van der Waals surface area contributed by atoms with E-state index in [1.165, 1.54) is 18.2 Å². The minimum atomic E-state index is -3.80. The van der Waals surface area contributed by atoms with E-state index < -0.39 is 21.8 Å². The third kappa shape index (κ3) is 5.20. The molecule has 0 amide bonds. The van der Waals surface area contributed by atoms with Crippen molar-refractivity contribution in [2.75, 3.05) is 19.6 Å². The molecule has 0 aromatic heterocycles. The van der Waals surface area contributed by atoms with Crippen LogP contribution in [0.2, 0.25) is 0 Å². The first kappa shape index (κ1) is 18.8. The predicted octanol–water partition coefficient (Wildman–Crippen LogP) is 1.07. The molecule has 1 heterocycles. The number of hydrogen-bond donors (Lipinski definition) is 2. The van der Waals surface area contributed by atoms with Gasteiger partial charge in [-0.25, -0.2) is 17.5 Å². The van der Waals surface area contributed by atoms with Crippen molar-refractivity contribution in [2.45, 2.75) is 23.8 Å². The highest BCUT2D eigenvalue weighted by molar-refractivity contribution is 7.89. The average Bonchev–Trinajstić information content (AvgIpc) is 2.37. The van der Waals surface area contributed by atoms with E-state index >= 15 is 0 Å². The Kier molecular flexibility index (Phi) is 6.73. The molecule has 1 unspecified atom stereocenters. The van der Waals surface area contributed by atoms with E-state index in [-0.39, 0.29) is 29.9 Å². The van der Waals surface area contributed by atoms with Gasteiger partial charge in [0, 0.05) is 12.6 Å². The lowest BCUT2D eigenvalue weighted by molar-refractivity contribution is -0.138. The van der Waals surface area contributed by atoms with Gasteiger partial charge in [-0.1, -0.05) is 6.07 Å². The molecular weight excluding hydrogens is 335 g/mol. The molecule has 2 rings (SSSR count). The Hall–Kier alpha value is -1.22. The van der Waals surface area contributed by atoms with Crippen LogP contribution < -0.4 is 4.72 Å². The fourth-order valence-corrected chi connectivity index (χ4v) is 3.70. The first-order valence-electron chi connectivity index (χ1n) is 6.59. The Balaban J connectivity index is 0.00000242. The quantitative estimate of drug-likeness (QED) is 0.828. The zero-order valence-corrected chi connectivity index (χ0v) is 13.4. The van der Waals surface area contributed by atoms with Crippen molar-refractivity contribution >= 4 is 28.4 Å². The van der Waals surface area contributed by atoms with Crippen molar-refractivity contribution in [1.29, 1.82) is 0 Å². The molecule has 1 aromatic rings. The van der Waals surface area contributed by atoms with Crippen molar-refractivity contribution in [3.8, 4) is 0 Å². The van der Waals surface area contributed by atoms with E-state index in [1.54, 1.807) is 4.90 Å². The summed E-state index contributed by atoms with van der Waals surface area (Å²) in [5, 5.41) is 8.77. The Morgan fingerprint density at radius 3 is 2.82 bits per heavy atom.